The lowest BCUT2D eigenvalue weighted by atomic mass is 10.2. The molecule has 0 aromatic heterocycles. The van der Waals surface area contributed by atoms with Gasteiger partial charge in [0.25, 0.3) is 5.91 Å². The second kappa shape index (κ2) is 9.62. The van der Waals surface area contributed by atoms with E-state index in [-0.39, 0.29) is 47.1 Å². The average Bonchev–Trinajstić information content (AvgIpc) is 3.63. The fraction of sp³-hybridized carbons (Fsp3) is 0.600. The maximum atomic E-state index is 13.1. The Bertz CT molecular complexity index is 979. The van der Waals surface area contributed by atoms with Crippen LogP contribution < -0.4 is 15.4 Å². The van der Waals surface area contributed by atoms with Gasteiger partial charge in [-0.3, -0.25) is 14.5 Å². The maximum Gasteiger partial charge on any atom is 0.253 e. The van der Waals surface area contributed by atoms with Crippen molar-refractivity contribution in [3.05, 3.63) is 23.2 Å². The minimum absolute atomic E-state index is 0.0866. The van der Waals surface area contributed by atoms with E-state index in [1.807, 2.05) is 0 Å². The van der Waals surface area contributed by atoms with Gasteiger partial charge in [-0.2, -0.15) is 4.72 Å². The smallest absolute Gasteiger partial charge is 0.253 e. The Morgan fingerprint density at radius 3 is 2.56 bits per heavy atom. The summed E-state index contributed by atoms with van der Waals surface area (Å²) >= 11 is 6.41. The zero-order valence-corrected chi connectivity index (χ0v) is 19.3. The Hall–Kier alpha value is -1.76. The fourth-order valence-corrected chi connectivity index (χ4v) is 5.94. The zero-order valence-electron chi connectivity index (χ0n) is 17.7. The molecule has 2 aliphatic heterocycles. The molecular formula is C20H28ClN5O5S. The van der Waals surface area contributed by atoms with Crippen LogP contribution in [0.2, 0.25) is 5.02 Å². The molecule has 0 unspecified atom stereocenters. The standard InChI is InChI=1S/C20H28ClN5O5S/c21-19-16(26-10-11-31-13-18(26)27)2-1-3-17(19)32(29,30)23-15(12-22)20(28)25-8-6-24(7-9-25)14-4-5-14/h1-3,14-15,23H,4-13,22H2/t15-/m0/s1. The molecular weight excluding hydrogens is 458 g/mol. The van der Waals surface area contributed by atoms with Gasteiger partial charge in [0.15, 0.2) is 0 Å². The minimum atomic E-state index is -4.17. The number of anilines is 1. The Kier molecular flexibility index (Phi) is 7.03. The summed E-state index contributed by atoms with van der Waals surface area (Å²) in [6, 6.07) is 3.96. The number of rotatable bonds is 7. The first kappa shape index (κ1) is 23.4. The van der Waals surface area contributed by atoms with E-state index >= 15 is 0 Å². The van der Waals surface area contributed by atoms with Crippen LogP contribution in [0.5, 0.6) is 0 Å². The topological polar surface area (TPSA) is 125 Å². The second-order valence-electron chi connectivity index (χ2n) is 8.19. The van der Waals surface area contributed by atoms with Gasteiger partial charge in [-0.1, -0.05) is 17.7 Å². The summed E-state index contributed by atoms with van der Waals surface area (Å²) in [6.45, 7) is 2.97. The van der Waals surface area contributed by atoms with Crippen LogP contribution >= 0.6 is 11.6 Å². The van der Waals surface area contributed by atoms with Crippen LogP contribution in [0.15, 0.2) is 23.1 Å². The number of amides is 2. The Balaban J connectivity index is 1.48. The monoisotopic (exact) mass is 485 g/mol. The van der Waals surface area contributed by atoms with Crippen molar-refractivity contribution in [3.8, 4) is 0 Å². The van der Waals surface area contributed by atoms with Crippen LogP contribution in [0, 0.1) is 0 Å². The molecule has 1 aromatic rings. The third kappa shape index (κ3) is 4.92. The van der Waals surface area contributed by atoms with Crippen molar-refractivity contribution < 1.29 is 22.7 Å². The highest BCUT2D eigenvalue weighted by Gasteiger charge is 2.35. The van der Waals surface area contributed by atoms with Crippen molar-refractivity contribution in [1.29, 1.82) is 0 Å². The van der Waals surface area contributed by atoms with Crippen molar-refractivity contribution in [2.45, 2.75) is 29.8 Å². The predicted octanol–water partition coefficient (Wildman–Crippen LogP) is -0.385. The van der Waals surface area contributed by atoms with Crippen LogP contribution in [0.1, 0.15) is 12.8 Å². The van der Waals surface area contributed by atoms with Crippen LogP contribution in [-0.2, 0) is 24.3 Å². The molecule has 10 nitrogen and oxygen atoms in total. The number of benzene rings is 1. The van der Waals surface area contributed by atoms with Gasteiger partial charge < -0.3 is 20.3 Å². The largest absolute Gasteiger partial charge is 0.370 e. The molecule has 4 rings (SSSR count). The van der Waals surface area contributed by atoms with Gasteiger partial charge in [0.1, 0.15) is 17.5 Å². The molecule has 176 valence electrons. The van der Waals surface area contributed by atoms with Gasteiger partial charge in [0.05, 0.1) is 17.3 Å². The van der Waals surface area contributed by atoms with E-state index in [2.05, 4.69) is 9.62 Å². The van der Waals surface area contributed by atoms with E-state index in [0.717, 1.165) is 13.1 Å². The molecule has 0 radical (unpaired) electrons. The number of halogens is 1. The van der Waals surface area contributed by atoms with Crippen molar-refractivity contribution in [2.24, 2.45) is 5.73 Å². The summed E-state index contributed by atoms with van der Waals surface area (Å²) in [4.78, 5) is 30.4. The van der Waals surface area contributed by atoms with Crippen LogP contribution in [0.25, 0.3) is 0 Å². The molecule has 2 heterocycles. The van der Waals surface area contributed by atoms with Gasteiger partial charge in [-0.15, -0.1) is 0 Å². The average molecular weight is 486 g/mol. The Morgan fingerprint density at radius 2 is 1.94 bits per heavy atom. The number of morpholine rings is 1. The highest BCUT2D eigenvalue weighted by molar-refractivity contribution is 7.89. The van der Waals surface area contributed by atoms with Gasteiger partial charge >= 0.3 is 0 Å². The molecule has 32 heavy (non-hydrogen) atoms. The molecule has 0 bridgehead atoms. The lowest BCUT2D eigenvalue weighted by Gasteiger charge is -2.36. The van der Waals surface area contributed by atoms with Crippen molar-refractivity contribution in [3.63, 3.8) is 0 Å². The predicted molar refractivity (Wildman–Crippen MR) is 119 cm³/mol. The number of piperazine rings is 1. The van der Waals surface area contributed by atoms with Gasteiger partial charge in [0, 0.05) is 45.3 Å². The van der Waals surface area contributed by atoms with E-state index in [4.69, 9.17) is 22.1 Å². The van der Waals surface area contributed by atoms with E-state index < -0.39 is 16.1 Å². The van der Waals surface area contributed by atoms with Crippen molar-refractivity contribution in [1.82, 2.24) is 14.5 Å². The zero-order chi connectivity index (χ0) is 22.9. The first-order chi connectivity index (χ1) is 15.3. The number of ether oxygens (including phenoxy) is 1. The summed E-state index contributed by atoms with van der Waals surface area (Å²) < 4.78 is 33.8. The minimum Gasteiger partial charge on any atom is -0.370 e. The van der Waals surface area contributed by atoms with Crippen LogP contribution in [-0.4, -0.2) is 94.6 Å². The Morgan fingerprint density at radius 1 is 1.22 bits per heavy atom. The molecule has 0 spiro atoms. The molecule has 1 atom stereocenters. The molecule has 2 amide bonds. The molecule has 12 heteroatoms. The second-order valence-corrected chi connectivity index (χ2v) is 10.2. The number of nitrogens with two attached hydrogens (primary N) is 1. The number of hydrogen-bond acceptors (Lipinski definition) is 7. The summed E-state index contributed by atoms with van der Waals surface area (Å²) in [6.07, 6.45) is 2.41. The summed E-state index contributed by atoms with van der Waals surface area (Å²) in [5.41, 5.74) is 6.06. The summed E-state index contributed by atoms with van der Waals surface area (Å²) in [5, 5.41) is -0.0866. The quantitative estimate of drug-likeness (QED) is 0.539. The van der Waals surface area contributed by atoms with Crippen molar-refractivity contribution in [2.75, 3.05) is 57.4 Å². The van der Waals surface area contributed by atoms with E-state index in [0.29, 0.717) is 25.7 Å². The molecule has 3 fully saturated rings. The molecule has 1 saturated carbocycles. The van der Waals surface area contributed by atoms with Crippen LogP contribution in [0.3, 0.4) is 0 Å². The first-order valence-electron chi connectivity index (χ1n) is 10.7. The molecule has 2 saturated heterocycles. The molecule has 3 aliphatic rings. The normalized spacial score (nSPS) is 21.6. The first-order valence-corrected chi connectivity index (χ1v) is 12.6. The van der Waals surface area contributed by atoms with Gasteiger partial charge in [0.2, 0.25) is 15.9 Å². The van der Waals surface area contributed by atoms with E-state index in [1.54, 1.807) is 11.0 Å². The van der Waals surface area contributed by atoms with E-state index in [9.17, 15) is 18.0 Å². The maximum absolute atomic E-state index is 13.1. The number of nitrogens with zero attached hydrogens (tertiary/aromatic N) is 3. The highest BCUT2D eigenvalue weighted by atomic mass is 35.5. The third-order valence-electron chi connectivity index (χ3n) is 6.03. The SMILES string of the molecule is NC[C@H](NS(=O)(=O)c1cccc(N2CCOCC2=O)c1Cl)C(=O)N1CCN(C2CC2)CC1. The Labute approximate surface area is 192 Å². The van der Waals surface area contributed by atoms with Crippen LogP contribution in [0.4, 0.5) is 5.69 Å². The number of carbonyl (C=O) groups excluding carboxylic acids is 2. The van der Waals surface area contributed by atoms with Crippen molar-refractivity contribution >= 4 is 39.1 Å². The number of hydrogen-bond donors (Lipinski definition) is 2. The number of nitrogens with one attached hydrogen (secondary N) is 1. The number of sulfonamides is 1. The van der Waals surface area contributed by atoms with Gasteiger partial charge in [-0.25, -0.2) is 8.42 Å². The molecule has 1 aromatic carbocycles. The fourth-order valence-electron chi connectivity index (χ4n) is 4.11. The summed E-state index contributed by atoms with van der Waals surface area (Å²) in [7, 11) is -4.17. The molecule has 3 N–H and O–H groups in total. The molecule has 1 aliphatic carbocycles. The summed E-state index contributed by atoms with van der Waals surface area (Å²) in [5.74, 6) is -0.650. The lowest BCUT2D eigenvalue weighted by molar-refractivity contribution is -0.134. The number of carbonyl (C=O) groups is 2. The van der Waals surface area contributed by atoms with E-state index in [1.165, 1.54) is 29.9 Å². The van der Waals surface area contributed by atoms with Gasteiger partial charge in [-0.05, 0) is 25.0 Å². The highest BCUT2D eigenvalue weighted by Crippen LogP contribution is 2.33. The lowest BCUT2D eigenvalue weighted by Crippen LogP contribution is -2.57. The third-order valence-corrected chi connectivity index (χ3v) is 8.05.